The van der Waals surface area contributed by atoms with Gasteiger partial charge in [-0.1, -0.05) is 6.92 Å². The van der Waals surface area contributed by atoms with Gasteiger partial charge >= 0.3 is 0 Å². The Morgan fingerprint density at radius 3 is 2.95 bits per heavy atom. The second-order valence-electron chi connectivity index (χ2n) is 5.46. The van der Waals surface area contributed by atoms with E-state index < -0.39 is 0 Å². The van der Waals surface area contributed by atoms with E-state index in [2.05, 4.69) is 24.2 Å². The smallest absolute Gasteiger partial charge is 0.144 e. The average molecular weight is 263 g/mol. The van der Waals surface area contributed by atoms with E-state index in [1.165, 1.54) is 6.42 Å². The highest BCUT2D eigenvalue weighted by Gasteiger charge is 2.23. The molecule has 0 radical (unpaired) electrons. The first-order chi connectivity index (χ1) is 9.10. The zero-order valence-electron chi connectivity index (χ0n) is 12.1. The van der Waals surface area contributed by atoms with Crippen LogP contribution >= 0.6 is 0 Å². The summed E-state index contributed by atoms with van der Waals surface area (Å²) in [5.41, 5.74) is 7.69. The lowest BCUT2D eigenvalue weighted by Crippen LogP contribution is -2.43. The number of piperidine rings is 1. The molecule has 4 nitrogen and oxygen atoms in total. The summed E-state index contributed by atoms with van der Waals surface area (Å²) in [7, 11) is 2.18. The lowest BCUT2D eigenvalue weighted by molar-refractivity contribution is 0.206. The Kier molecular flexibility index (Phi) is 4.53. The van der Waals surface area contributed by atoms with Crippen LogP contribution < -0.4 is 15.8 Å². The van der Waals surface area contributed by atoms with Gasteiger partial charge in [-0.25, -0.2) is 0 Å². The number of likely N-dealkylation sites (tertiary alicyclic amines) is 1. The summed E-state index contributed by atoms with van der Waals surface area (Å²) in [4.78, 5) is 2.39. The van der Waals surface area contributed by atoms with Crippen LogP contribution in [-0.4, -0.2) is 37.7 Å². The fourth-order valence-electron chi connectivity index (χ4n) is 2.69. The summed E-state index contributed by atoms with van der Waals surface area (Å²) in [6.45, 7) is 7.20. The SMILES string of the molecule is CCOc1cc(NC2CCN(C)CC2C)ccc1N. The normalized spacial score (nSPS) is 24.2. The van der Waals surface area contributed by atoms with Gasteiger partial charge in [-0.15, -0.1) is 0 Å². The third-order valence-electron chi connectivity index (χ3n) is 3.77. The first-order valence-electron chi connectivity index (χ1n) is 7.07. The largest absolute Gasteiger partial charge is 0.492 e. The fourth-order valence-corrected chi connectivity index (χ4v) is 2.69. The van der Waals surface area contributed by atoms with Crippen LogP contribution in [0.5, 0.6) is 5.75 Å². The van der Waals surface area contributed by atoms with Crippen LogP contribution in [0.3, 0.4) is 0 Å². The number of benzene rings is 1. The van der Waals surface area contributed by atoms with Crippen molar-refractivity contribution in [2.75, 3.05) is 37.8 Å². The van der Waals surface area contributed by atoms with E-state index >= 15 is 0 Å². The van der Waals surface area contributed by atoms with Crippen molar-refractivity contribution in [1.29, 1.82) is 0 Å². The Morgan fingerprint density at radius 1 is 1.47 bits per heavy atom. The van der Waals surface area contributed by atoms with E-state index in [0.29, 0.717) is 24.3 Å². The van der Waals surface area contributed by atoms with Crippen molar-refractivity contribution >= 4 is 11.4 Å². The molecule has 0 aromatic heterocycles. The second kappa shape index (κ2) is 6.15. The molecule has 1 saturated heterocycles. The summed E-state index contributed by atoms with van der Waals surface area (Å²) in [5, 5.41) is 3.61. The van der Waals surface area contributed by atoms with Gasteiger partial charge in [0.15, 0.2) is 0 Å². The summed E-state index contributed by atoms with van der Waals surface area (Å²) in [5.74, 6) is 1.42. The zero-order valence-corrected chi connectivity index (χ0v) is 12.1. The van der Waals surface area contributed by atoms with Crippen LogP contribution in [0.4, 0.5) is 11.4 Å². The molecule has 2 rings (SSSR count). The number of hydrogen-bond acceptors (Lipinski definition) is 4. The fraction of sp³-hybridized carbons (Fsp3) is 0.600. The van der Waals surface area contributed by atoms with Crippen LogP contribution in [0.25, 0.3) is 0 Å². The van der Waals surface area contributed by atoms with Crippen molar-refractivity contribution in [2.45, 2.75) is 26.3 Å². The lowest BCUT2D eigenvalue weighted by Gasteiger charge is -2.35. The molecule has 106 valence electrons. The molecule has 2 unspecified atom stereocenters. The molecule has 0 amide bonds. The van der Waals surface area contributed by atoms with Gasteiger partial charge < -0.3 is 20.7 Å². The van der Waals surface area contributed by atoms with Gasteiger partial charge in [0.1, 0.15) is 5.75 Å². The first-order valence-corrected chi connectivity index (χ1v) is 7.07. The van der Waals surface area contributed by atoms with Crippen LogP contribution in [0, 0.1) is 5.92 Å². The first kappa shape index (κ1) is 14.0. The molecule has 0 aliphatic carbocycles. The number of anilines is 2. The van der Waals surface area contributed by atoms with Gasteiger partial charge in [-0.3, -0.25) is 0 Å². The molecule has 3 N–H and O–H groups in total. The van der Waals surface area contributed by atoms with Crippen LogP contribution in [0.1, 0.15) is 20.3 Å². The minimum atomic E-state index is 0.523. The molecule has 0 spiro atoms. The van der Waals surface area contributed by atoms with Crippen molar-refractivity contribution < 1.29 is 4.74 Å². The van der Waals surface area contributed by atoms with Gasteiger partial charge in [-0.2, -0.15) is 0 Å². The molecule has 1 heterocycles. The predicted molar refractivity (Wildman–Crippen MR) is 80.7 cm³/mol. The molecule has 0 saturated carbocycles. The van der Waals surface area contributed by atoms with Gasteiger partial charge in [0.25, 0.3) is 0 Å². The zero-order chi connectivity index (χ0) is 13.8. The van der Waals surface area contributed by atoms with Gasteiger partial charge in [0.2, 0.25) is 0 Å². The quantitative estimate of drug-likeness (QED) is 0.819. The van der Waals surface area contributed by atoms with Crippen LogP contribution in [-0.2, 0) is 0 Å². The summed E-state index contributed by atoms with van der Waals surface area (Å²) < 4.78 is 5.54. The third kappa shape index (κ3) is 3.53. The number of hydrogen-bond donors (Lipinski definition) is 2. The Morgan fingerprint density at radius 2 is 2.26 bits per heavy atom. The molecule has 1 fully saturated rings. The Labute approximate surface area is 115 Å². The molecule has 1 aromatic rings. The van der Waals surface area contributed by atoms with Crippen molar-refractivity contribution in [1.82, 2.24) is 4.90 Å². The van der Waals surface area contributed by atoms with Gasteiger partial charge in [0.05, 0.1) is 12.3 Å². The van der Waals surface area contributed by atoms with Crippen molar-refractivity contribution in [2.24, 2.45) is 5.92 Å². The minimum Gasteiger partial charge on any atom is -0.492 e. The summed E-state index contributed by atoms with van der Waals surface area (Å²) in [6, 6.07) is 6.47. The lowest BCUT2D eigenvalue weighted by atomic mass is 9.94. The molecule has 1 aromatic carbocycles. The summed E-state index contributed by atoms with van der Waals surface area (Å²) >= 11 is 0. The highest BCUT2D eigenvalue weighted by Crippen LogP contribution is 2.27. The third-order valence-corrected chi connectivity index (χ3v) is 3.77. The van der Waals surface area contributed by atoms with E-state index in [0.717, 1.165) is 24.5 Å². The number of nitrogens with two attached hydrogens (primary N) is 1. The monoisotopic (exact) mass is 263 g/mol. The highest BCUT2D eigenvalue weighted by atomic mass is 16.5. The molecule has 4 heteroatoms. The van der Waals surface area contributed by atoms with E-state index in [-0.39, 0.29) is 0 Å². The molecule has 0 bridgehead atoms. The van der Waals surface area contributed by atoms with Crippen molar-refractivity contribution in [3.63, 3.8) is 0 Å². The standard InChI is InChI=1S/C15H25N3O/c1-4-19-15-9-12(5-6-13(15)16)17-14-7-8-18(3)10-11(14)2/h5-6,9,11,14,17H,4,7-8,10,16H2,1-3H3. The molecule has 1 aliphatic rings. The molecule has 19 heavy (non-hydrogen) atoms. The van der Waals surface area contributed by atoms with E-state index in [9.17, 15) is 0 Å². The molecule has 2 atom stereocenters. The Balaban J connectivity index is 2.04. The predicted octanol–water partition coefficient (Wildman–Crippen LogP) is 2.42. The number of nitrogens with one attached hydrogen (secondary N) is 1. The van der Waals surface area contributed by atoms with Crippen LogP contribution in [0.15, 0.2) is 18.2 Å². The van der Waals surface area contributed by atoms with Gasteiger partial charge in [0, 0.05) is 24.3 Å². The van der Waals surface area contributed by atoms with Crippen molar-refractivity contribution in [3.05, 3.63) is 18.2 Å². The molecular weight excluding hydrogens is 238 g/mol. The van der Waals surface area contributed by atoms with E-state index in [1.54, 1.807) is 0 Å². The number of nitrogen functional groups attached to an aromatic ring is 1. The molecule has 1 aliphatic heterocycles. The Bertz CT molecular complexity index is 422. The topological polar surface area (TPSA) is 50.5 Å². The summed E-state index contributed by atoms with van der Waals surface area (Å²) in [6.07, 6.45) is 1.17. The van der Waals surface area contributed by atoms with E-state index in [4.69, 9.17) is 10.5 Å². The average Bonchev–Trinajstić information content (AvgIpc) is 2.37. The van der Waals surface area contributed by atoms with Crippen molar-refractivity contribution in [3.8, 4) is 5.75 Å². The highest BCUT2D eigenvalue weighted by molar-refractivity contribution is 5.61. The Hall–Kier alpha value is -1.42. The number of nitrogens with zero attached hydrogens (tertiary/aromatic N) is 1. The maximum Gasteiger partial charge on any atom is 0.144 e. The van der Waals surface area contributed by atoms with E-state index in [1.807, 2.05) is 25.1 Å². The van der Waals surface area contributed by atoms with Gasteiger partial charge in [-0.05, 0) is 45.0 Å². The maximum absolute atomic E-state index is 5.89. The minimum absolute atomic E-state index is 0.523. The number of ether oxygens (including phenoxy) is 1. The van der Waals surface area contributed by atoms with Crippen LogP contribution in [0.2, 0.25) is 0 Å². The maximum atomic E-state index is 5.89. The second-order valence-corrected chi connectivity index (χ2v) is 5.46. The molecular formula is C15H25N3O. The number of rotatable bonds is 4.